The number of hydrogen-bond acceptors (Lipinski definition) is 3. The molecule has 0 saturated carbocycles. The standard InChI is InChI=1S/C19H22N4O/c1-3-22(4-2)16-11-9-14(10-12-16)19(24)21-23-13-15-7-5-6-8-17(15)18(23)20/h5-12,20H,3-4,13H2,1-2H3,(H,21,24). The summed E-state index contributed by atoms with van der Waals surface area (Å²) in [4.78, 5) is 14.7. The third-order valence-electron chi connectivity index (χ3n) is 4.37. The first-order chi connectivity index (χ1) is 11.6. The Balaban J connectivity index is 1.69. The second-order valence-corrected chi connectivity index (χ2v) is 5.75. The summed E-state index contributed by atoms with van der Waals surface area (Å²) in [5, 5.41) is 9.78. The van der Waals surface area contributed by atoms with Crippen molar-refractivity contribution in [2.75, 3.05) is 18.0 Å². The molecule has 5 nitrogen and oxygen atoms in total. The maximum absolute atomic E-state index is 12.5. The molecule has 124 valence electrons. The van der Waals surface area contributed by atoms with Gasteiger partial charge in [0.25, 0.3) is 5.91 Å². The van der Waals surface area contributed by atoms with Crippen molar-refractivity contribution in [2.45, 2.75) is 20.4 Å². The fourth-order valence-corrected chi connectivity index (χ4v) is 2.98. The monoisotopic (exact) mass is 322 g/mol. The Morgan fingerprint density at radius 2 is 1.79 bits per heavy atom. The van der Waals surface area contributed by atoms with Crippen molar-refractivity contribution < 1.29 is 4.79 Å². The fourth-order valence-electron chi connectivity index (χ4n) is 2.98. The average Bonchev–Trinajstić information content (AvgIpc) is 2.93. The van der Waals surface area contributed by atoms with Crippen molar-refractivity contribution in [2.24, 2.45) is 0 Å². The van der Waals surface area contributed by atoms with Gasteiger partial charge in [-0.25, -0.2) is 0 Å². The summed E-state index contributed by atoms with van der Waals surface area (Å²) in [6.07, 6.45) is 0. The van der Waals surface area contributed by atoms with E-state index >= 15 is 0 Å². The predicted molar refractivity (Wildman–Crippen MR) is 96.3 cm³/mol. The molecule has 24 heavy (non-hydrogen) atoms. The van der Waals surface area contributed by atoms with Gasteiger partial charge in [0.2, 0.25) is 0 Å². The summed E-state index contributed by atoms with van der Waals surface area (Å²) < 4.78 is 0. The van der Waals surface area contributed by atoms with Crippen LogP contribution in [0.2, 0.25) is 0 Å². The summed E-state index contributed by atoms with van der Waals surface area (Å²) in [5.41, 5.74) is 6.45. The van der Waals surface area contributed by atoms with Crippen LogP contribution in [0.15, 0.2) is 48.5 Å². The second-order valence-electron chi connectivity index (χ2n) is 5.75. The molecule has 0 fully saturated rings. The largest absolute Gasteiger partial charge is 0.372 e. The lowest BCUT2D eigenvalue weighted by atomic mass is 10.1. The van der Waals surface area contributed by atoms with Gasteiger partial charge in [0, 0.05) is 29.9 Å². The Kier molecular flexibility index (Phi) is 4.51. The van der Waals surface area contributed by atoms with Crippen LogP contribution in [0.5, 0.6) is 0 Å². The molecule has 2 aromatic rings. The van der Waals surface area contributed by atoms with Crippen molar-refractivity contribution >= 4 is 17.4 Å². The molecular weight excluding hydrogens is 300 g/mol. The molecule has 1 heterocycles. The summed E-state index contributed by atoms with van der Waals surface area (Å²) >= 11 is 0. The van der Waals surface area contributed by atoms with Gasteiger partial charge in [0.05, 0.1) is 6.54 Å². The Morgan fingerprint density at radius 3 is 2.42 bits per heavy atom. The van der Waals surface area contributed by atoms with Crippen LogP contribution < -0.4 is 10.3 Å². The number of nitrogens with one attached hydrogen (secondary N) is 2. The van der Waals surface area contributed by atoms with Gasteiger partial charge >= 0.3 is 0 Å². The molecule has 0 radical (unpaired) electrons. The summed E-state index contributed by atoms with van der Waals surface area (Å²) in [7, 11) is 0. The molecule has 2 aromatic carbocycles. The zero-order valence-electron chi connectivity index (χ0n) is 14.0. The minimum absolute atomic E-state index is 0.196. The van der Waals surface area contributed by atoms with Crippen LogP contribution in [0.25, 0.3) is 0 Å². The molecule has 0 aliphatic carbocycles. The lowest BCUT2D eigenvalue weighted by Crippen LogP contribution is -2.42. The highest BCUT2D eigenvalue weighted by Gasteiger charge is 2.25. The number of nitrogens with zero attached hydrogens (tertiary/aromatic N) is 2. The Labute approximate surface area is 142 Å². The Morgan fingerprint density at radius 1 is 1.12 bits per heavy atom. The van der Waals surface area contributed by atoms with Crippen molar-refractivity contribution in [3.63, 3.8) is 0 Å². The third kappa shape index (κ3) is 2.97. The maximum Gasteiger partial charge on any atom is 0.269 e. The topological polar surface area (TPSA) is 59.4 Å². The van der Waals surface area contributed by atoms with E-state index < -0.39 is 0 Å². The smallest absolute Gasteiger partial charge is 0.269 e. The zero-order valence-corrected chi connectivity index (χ0v) is 14.0. The summed E-state index contributed by atoms with van der Waals surface area (Å²) in [6, 6.07) is 15.3. The van der Waals surface area contributed by atoms with Crippen LogP contribution in [0.1, 0.15) is 35.3 Å². The third-order valence-corrected chi connectivity index (χ3v) is 4.37. The van der Waals surface area contributed by atoms with E-state index in [2.05, 4.69) is 24.2 Å². The highest BCUT2D eigenvalue weighted by molar-refractivity contribution is 6.03. The lowest BCUT2D eigenvalue weighted by Gasteiger charge is -2.22. The van der Waals surface area contributed by atoms with E-state index in [0.717, 1.165) is 29.9 Å². The molecule has 0 aromatic heterocycles. The van der Waals surface area contributed by atoms with Crippen LogP contribution in [-0.4, -0.2) is 29.8 Å². The maximum atomic E-state index is 12.5. The summed E-state index contributed by atoms with van der Waals surface area (Å²) in [5.74, 6) is 0.136. The molecule has 1 aliphatic rings. The first kappa shape index (κ1) is 16.1. The van der Waals surface area contributed by atoms with E-state index in [9.17, 15) is 4.79 Å². The van der Waals surface area contributed by atoms with Gasteiger partial charge in [-0.15, -0.1) is 0 Å². The molecular formula is C19H22N4O. The Bertz CT molecular complexity index is 750. The number of hydrazine groups is 1. The number of amidine groups is 1. The van der Waals surface area contributed by atoms with E-state index in [-0.39, 0.29) is 5.91 Å². The molecule has 0 bridgehead atoms. The van der Waals surface area contributed by atoms with Crippen molar-refractivity contribution in [3.8, 4) is 0 Å². The molecule has 5 heteroatoms. The average molecular weight is 322 g/mol. The van der Waals surface area contributed by atoms with Gasteiger partial charge in [0.1, 0.15) is 5.84 Å². The van der Waals surface area contributed by atoms with Gasteiger partial charge in [-0.05, 0) is 43.7 Å². The Hall–Kier alpha value is -2.82. The molecule has 0 saturated heterocycles. The minimum atomic E-state index is -0.196. The van der Waals surface area contributed by atoms with E-state index in [1.54, 1.807) is 5.01 Å². The molecule has 1 aliphatic heterocycles. The van der Waals surface area contributed by atoms with Crippen LogP contribution in [-0.2, 0) is 6.54 Å². The van der Waals surface area contributed by atoms with Crippen molar-refractivity contribution in [1.29, 1.82) is 5.41 Å². The number of rotatable bonds is 5. The normalized spacial score (nSPS) is 12.9. The first-order valence-corrected chi connectivity index (χ1v) is 8.24. The number of hydrogen-bond donors (Lipinski definition) is 2. The summed E-state index contributed by atoms with van der Waals surface area (Å²) in [6.45, 7) is 6.62. The SMILES string of the molecule is CCN(CC)c1ccc(C(=O)NN2Cc3ccccc3C2=N)cc1. The number of anilines is 1. The quantitative estimate of drug-likeness (QED) is 0.889. The van der Waals surface area contributed by atoms with Crippen LogP contribution in [0, 0.1) is 5.41 Å². The zero-order chi connectivity index (χ0) is 17.1. The van der Waals surface area contributed by atoms with Gasteiger partial charge in [0.15, 0.2) is 0 Å². The molecule has 1 amide bonds. The first-order valence-electron chi connectivity index (χ1n) is 8.24. The molecule has 0 unspecified atom stereocenters. The number of amides is 1. The van der Waals surface area contributed by atoms with Gasteiger partial charge in [-0.3, -0.25) is 20.6 Å². The van der Waals surface area contributed by atoms with Crippen molar-refractivity contribution in [1.82, 2.24) is 10.4 Å². The van der Waals surface area contributed by atoms with E-state index in [4.69, 9.17) is 5.41 Å². The second kappa shape index (κ2) is 6.74. The lowest BCUT2D eigenvalue weighted by molar-refractivity contribution is 0.0869. The molecule has 0 spiro atoms. The minimum Gasteiger partial charge on any atom is -0.372 e. The van der Waals surface area contributed by atoms with Crippen LogP contribution >= 0.6 is 0 Å². The van der Waals surface area contributed by atoms with Crippen LogP contribution in [0.4, 0.5) is 5.69 Å². The highest BCUT2D eigenvalue weighted by Crippen LogP contribution is 2.21. The van der Waals surface area contributed by atoms with Crippen molar-refractivity contribution in [3.05, 3.63) is 65.2 Å². The van der Waals surface area contributed by atoms with E-state index in [1.807, 2.05) is 48.5 Å². The molecule has 2 N–H and O–H groups in total. The molecule has 0 atom stereocenters. The van der Waals surface area contributed by atoms with Gasteiger partial charge < -0.3 is 4.90 Å². The fraction of sp³-hybridized carbons (Fsp3) is 0.263. The van der Waals surface area contributed by atoms with Gasteiger partial charge in [-0.2, -0.15) is 0 Å². The number of carbonyl (C=O) groups excluding carboxylic acids is 1. The van der Waals surface area contributed by atoms with Gasteiger partial charge in [-0.1, -0.05) is 24.3 Å². The molecule has 3 rings (SSSR count). The van der Waals surface area contributed by atoms with Crippen LogP contribution in [0.3, 0.4) is 0 Å². The highest BCUT2D eigenvalue weighted by atomic mass is 16.2. The van der Waals surface area contributed by atoms with E-state index in [0.29, 0.717) is 17.9 Å². The number of carbonyl (C=O) groups is 1. The van der Waals surface area contributed by atoms with E-state index in [1.165, 1.54) is 0 Å². The number of fused-ring (bicyclic) bond motifs is 1. The predicted octanol–water partition coefficient (Wildman–Crippen LogP) is 3.02. The number of benzene rings is 2.